The van der Waals surface area contributed by atoms with Gasteiger partial charge in [0, 0.05) is 18.4 Å². The Morgan fingerprint density at radius 3 is 2.84 bits per heavy atom. The fourth-order valence-electron chi connectivity index (χ4n) is 2.12. The van der Waals surface area contributed by atoms with E-state index in [-0.39, 0.29) is 0 Å². The van der Waals surface area contributed by atoms with Gasteiger partial charge < -0.3 is 5.32 Å². The summed E-state index contributed by atoms with van der Waals surface area (Å²) >= 11 is 0. The van der Waals surface area contributed by atoms with Crippen molar-refractivity contribution in [3.05, 3.63) is 47.8 Å². The van der Waals surface area contributed by atoms with E-state index in [4.69, 9.17) is 0 Å². The summed E-state index contributed by atoms with van der Waals surface area (Å²) < 4.78 is 2.07. The number of benzene rings is 1. The molecule has 2 aromatic rings. The number of nitrogens with zero attached hydrogens (tertiary/aromatic N) is 2. The maximum Gasteiger partial charge on any atom is 0.0575 e. The van der Waals surface area contributed by atoms with Gasteiger partial charge in [0.2, 0.25) is 0 Å². The number of hydrogen-bond donors (Lipinski definition) is 1. The molecule has 3 nitrogen and oxygen atoms in total. The third-order valence-electron chi connectivity index (χ3n) is 3.27. The molecule has 102 valence electrons. The van der Waals surface area contributed by atoms with Crippen LogP contribution in [0.25, 0.3) is 0 Å². The van der Waals surface area contributed by atoms with Crippen LogP contribution in [0.15, 0.2) is 36.5 Å². The van der Waals surface area contributed by atoms with Crippen LogP contribution in [-0.4, -0.2) is 9.78 Å². The highest BCUT2D eigenvalue weighted by molar-refractivity contribution is 5.46. The first kappa shape index (κ1) is 13.7. The molecule has 0 fully saturated rings. The van der Waals surface area contributed by atoms with Crippen LogP contribution in [0, 0.1) is 0 Å². The molecule has 1 heterocycles. The second-order valence-electron chi connectivity index (χ2n) is 5.18. The smallest absolute Gasteiger partial charge is 0.0575 e. The van der Waals surface area contributed by atoms with Crippen molar-refractivity contribution in [3.8, 4) is 0 Å². The highest BCUT2D eigenvalue weighted by Crippen LogP contribution is 2.19. The molecule has 0 aliphatic carbocycles. The Morgan fingerprint density at radius 2 is 2.11 bits per heavy atom. The van der Waals surface area contributed by atoms with Crippen molar-refractivity contribution in [1.82, 2.24) is 9.78 Å². The number of anilines is 1. The molecule has 3 heteroatoms. The number of aryl methyl sites for hydroxylation is 1. The van der Waals surface area contributed by atoms with Gasteiger partial charge >= 0.3 is 0 Å². The minimum atomic E-state index is 0.562. The Morgan fingerprint density at radius 1 is 1.26 bits per heavy atom. The first-order chi connectivity index (χ1) is 9.20. The van der Waals surface area contributed by atoms with E-state index in [2.05, 4.69) is 66.2 Å². The van der Waals surface area contributed by atoms with Crippen molar-refractivity contribution in [1.29, 1.82) is 0 Å². The van der Waals surface area contributed by atoms with Crippen molar-refractivity contribution >= 4 is 5.69 Å². The Hall–Kier alpha value is -1.77. The fraction of sp³-hybridized carbons (Fsp3) is 0.438. The zero-order chi connectivity index (χ0) is 13.7. The van der Waals surface area contributed by atoms with E-state index in [1.54, 1.807) is 0 Å². The van der Waals surface area contributed by atoms with E-state index in [0.29, 0.717) is 5.92 Å². The van der Waals surface area contributed by atoms with Crippen molar-refractivity contribution in [2.24, 2.45) is 0 Å². The van der Waals surface area contributed by atoms with E-state index in [1.807, 2.05) is 6.20 Å². The summed E-state index contributed by atoms with van der Waals surface area (Å²) in [5, 5.41) is 7.82. The van der Waals surface area contributed by atoms with Crippen LogP contribution in [-0.2, 0) is 13.1 Å². The van der Waals surface area contributed by atoms with Crippen LogP contribution in [0.1, 0.15) is 44.4 Å². The van der Waals surface area contributed by atoms with Gasteiger partial charge in [-0.1, -0.05) is 32.9 Å². The molecule has 2 rings (SSSR count). The van der Waals surface area contributed by atoms with Gasteiger partial charge in [-0.25, -0.2) is 0 Å². The lowest BCUT2D eigenvalue weighted by atomic mass is 10.0. The molecule has 0 bridgehead atoms. The van der Waals surface area contributed by atoms with Gasteiger partial charge in [0.1, 0.15) is 0 Å². The first-order valence-corrected chi connectivity index (χ1v) is 7.05. The van der Waals surface area contributed by atoms with E-state index in [9.17, 15) is 0 Å². The van der Waals surface area contributed by atoms with Crippen LogP contribution in [0.5, 0.6) is 0 Å². The van der Waals surface area contributed by atoms with Crippen molar-refractivity contribution in [2.75, 3.05) is 5.32 Å². The molecular weight excluding hydrogens is 234 g/mol. The molecule has 0 saturated heterocycles. The summed E-state index contributed by atoms with van der Waals surface area (Å²) in [5.41, 5.74) is 3.78. The monoisotopic (exact) mass is 257 g/mol. The molecule has 19 heavy (non-hydrogen) atoms. The highest BCUT2D eigenvalue weighted by atomic mass is 15.3. The van der Waals surface area contributed by atoms with Gasteiger partial charge in [-0.05, 0) is 36.1 Å². The number of aromatic nitrogens is 2. The average molecular weight is 257 g/mol. The highest BCUT2D eigenvalue weighted by Gasteiger charge is 2.03. The van der Waals surface area contributed by atoms with E-state index >= 15 is 0 Å². The molecule has 1 aromatic heterocycles. The van der Waals surface area contributed by atoms with Gasteiger partial charge in [0.15, 0.2) is 0 Å². The Balaban J connectivity index is 2.02. The molecule has 0 atom stereocenters. The zero-order valence-electron chi connectivity index (χ0n) is 12.1. The molecule has 1 aromatic carbocycles. The van der Waals surface area contributed by atoms with Crippen LogP contribution in [0.4, 0.5) is 5.69 Å². The molecule has 0 saturated carbocycles. The van der Waals surface area contributed by atoms with E-state index < -0.39 is 0 Å². The molecule has 1 N–H and O–H groups in total. The summed E-state index contributed by atoms with van der Waals surface area (Å²) in [6, 6.07) is 10.7. The van der Waals surface area contributed by atoms with Crippen LogP contribution >= 0.6 is 0 Å². The second kappa shape index (κ2) is 6.41. The maximum atomic E-state index is 4.34. The summed E-state index contributed by atoms with van der Waals surface area (Å²) in [4.78, 5) is 0. The predicted octanol–water partition coefficient (Wildman–Crippen LogP) is 4.03. The Bertz CT molecular complexity index is 514. The maximum absolute atomic E-state index is 4.34. The minimum Gasteiger partial charge on any atom is -0.379 e. The topological polar surface area (TPSA) is 29.9 Å². The molecule has 0 unspecified atom stereocenters. The van der Waals surface area contributed by atoms with Gasteiger partial charge in [0.25, 0.3) is 0 Å². The van der Waals surface area contributed by atoms with Gasteiger partial charge in [-0.3, -0.25) is 4.68 Å². The Kier molecular flexibility index (Phi) is 4.61. The van der Waals surface area contributed by atoms with Crippen LogP contribution in [0.3, 0.4) is 0 Å². The molecular formula is C16H23N3. The number of hydrogen-bond acceptors (Lipinski definition) is 2. The van der Waals surface area contributed by atoms with E-state index in [1.165, 1.54) is 16.9 Å². The SMILES string of the molecule is CCCn1nccc1CNc1cccc(C(C)C)c1. The third kappa shape index (κ3) is 3.60. The normalized spacial score (nSPS) is 10.9. The lowest BCUT2D eigenvalue weighted by Crippen LogP contribution is -2.09. The quantitative estimate of drug-likeness (QED) is 0.846. The van der Waals surface area contributed by atoms with E-state index in [0.717, 1.165) is 19.5 Å². The van der Waals surface area contributed by atoms with Crippen LogP contribution < -0.4 is 5.32 Å². The first-order valence-electron chi connectivity index (χ1n) is 7.05. The average Bonchev–Trinajstić information content (AvgIpc) is 2.85. The summed E-state index contributed by atoms with van der Waals surface area (Å²) in [6.07, 6.45) is 2.98. The number of nitrogens with one attached hydrogen (secondary N) is 1. The standard InChI is InChI=1S/C16H23N3/c1-4-10-19-16(8-9-18-19)12-17-15-7-5-6-14(11-15)13(2)3/h5-9,11,13,17H,4,10,12H2,1-3H3. The zero-order valence-corrected chi connectivity index (χ0v) is 12.1. The fourth-order valence-corrected chi connectivity index (χ4v) is 2.12. The van der Waals surface area contributed by atoms with Crippen molar-refractivity contribution < 1.29 is 0 Å². The summed E-state index contributed by atoms with van der Waals surface area (Å²) in [5.74, 6) is 0.562. The lowest BCUT2D eigenvalue weighted by Gasteiger charge is -2.11. The van der Waals surface area contributed by atoms with Crippen LogP contribution in [0.2, 0.25) is 0 Å². The van der Waals surface area contributed by atoms with Gasteiger partial charge in [0.05, 0.1) is 12.2 Å². The van der Waals surface area contributed by atoms with Crippen molar-refractivity contribution in [3.63, 3.8) is 0 Å². The molecule has 0 aliphatic heterocycles. The summed E-state index contributed by atoms with van der Waals surface area (Å²) in [7, 11) is 0. The molecule has 0 radical (unpaired) electrons. The Labute approximate surface area is 115 Å². The lowest BCUT2D eigenvalue weighted by molar-refractivity contribution is 0.578. The predicted molar refractivity (Wildman–Crippen MR) is 80.4 cm³/mol. The third-order valence-corrected chi connectivity index (χ3v) is 3.27. The second-order valence-corrected chi connectivity index (χ2v) is 5.18. The van der Waals surface area contributed by atoms with Gasteiger partial charge in [-0.15, -0.1) is 0 Å². The minimum absolute atomic E-state index is 0.562. The molecule has 0 aliphatic rings. The largest absolute Gasteiger partial charge is 0.379 e. The van der Waals surface area contributed by atoms with Gasteiger partial charge in [-0.2, -0.15) is 5.10 Å². The van der Waals surface area contributed by atoms with Crippen molar-refractivity contribution in [2.45, 2.75) is 46.2 Å². The molecule has 0 spiro atoms. The molecule has 0 amide bonds. The number of rotatable bonds is 6. The summed E-state index contributed by atoms with van der Waals surface area (Å²) in [6.45, 7) is 8.41.